The Morgan fingerprint density at radius 3 is 2.36 bits per heavy atom. The molecule has 0 atom stereocenters. The molecule has 1 aliphatic carbocycles. The summed E-state index contributed by atoms with van der Waals surface area (Å²) in [5.41, 5.74) is 1.16. The summed E-state index contributed by atoms with van der Waals surface area (Å²) >= 11 is 0. The number of benzene rings is 1. The summed E-state index contributed by atoms with van der Waals surface area (Å²) in [5, 5.41) is 2.63. The zero-order valence-electron chi connectivity index (χ0n) is 12.8. The van der Waals surface area contributed by atoms with Crippen LogP contribution in [0.4, 0.5) is 5.69 Å². The molecule has 0 radical (unpaired) electrons. The maximum Gasteiger partial charge on any atom is 0.306 e. The number of ether oxygens (including phenoxy) is 1. The van der Waals surface area contributed by atoms with E-state index in [1.54, 1.807) is 24.3 Å². The average Bonchev–Trinajstić information content (AvgIpc) is 2.98. The molecule has 22 heavy (non-hydrogen) atoms. The standard InChI is InChI=1S/C17H21NO4/c1-12(19)14-6-8-15(9-7-14)18-16(20)11-22-17(21)10-13-4-2-3-5-13/h6-9,13H,2-5,10-11H2,1H3,(H,18,20). The molecular weight excluding hydrogens is 282 g/mol. The average molecular weight is 303 g/mol. The molecule has 1 N–H and O–H groups in total. The van der Waals surface area contributed by atoms with Crippen molar-refractivity contribution in [3.8, 4) is 0 Å². The zero-order valence-corrected chi connectivity index (χ0v) is 12.8. The highest BCUT2D eigenvalue weighted by Gasteiger charge is 2.19. The predicted octanol–water partition coefficient (Wildman–Crippen LogP) is 2.95. The summed E-state index contributed by atoms with van der Waals surface area (Å²) in [7, 11) is 0. The van der Waals surface area contributed by atoms with Crippen molar-refractivity contribution in [2.75, 3.05) is 11.9 Å². The molecule has 118 valence electrons. The van der Waals surface area contributed by atoms with Crippen molar-refractivity contribution in [3.05, 3.63) is 29.8 Å². The first kappa shape index (κ1) is 16.2. The summed E-state index contributed by atoms with van der Waals surface area (Å²) in [5.74, 6) is -0.308. The number of carbonyl (C=O) groups is 3. The van der Waals surface area contributed by atoms with Crippen LogP contribution in [0.15, 0.2) is 24.3 Å². The molecule has 0 bridgehead atoms. The molecule has 1 aromatic carbocycles. The number of esters is 1. The lowest BCUT2D eigenvalue weighted by Crippen LogP contribution is -2.21. The summed E-state index contributed by atoms with van der Waals surface area (Å²) < 4.78 is 4.99. The van der Waals surface area contributed by atoms with Gasteiger partial charge < -0.3 is 10.1 Å². The van der Waals surface area contributed by atoms with Gasteiger partial charge in [-0.1, -0.05) is 12.8 Å². The largest absolute Gasteiger partial charge is 0.456 e. The van der Waals surface area contributed by atoms with E-state index in [1.807, 2.05) is 0 Å². The van der Waals surface area contributed by atoms with Gasteiger partial charge in [-0.3, -0.25) is 14.4 Å². The van der Waals surface area contributed by atoms with Gasteiger partial charge in [0.2, 0.25) is 0 Å². The van der Waals surface area contributed by atoms with Crippen LogP contribution < -0.4 is 5.32 Å². The van der Waals surface area contributed by atoms with E-state index in [0.717, 1.165) is 12.8 Å². The second-order valence-corrected chi connectivity index (χ2v) is 5.70. The molecule has 5 heteroatoms. The van der Waals surface area contributed by atoms with Crippen LogP contribution in [0, 0.1) is 5.92 Å². The third-order valence-electron chi connectivity index (χ3n) is 3.87. The maximum absolute atomic E-state index is 11.7. The third kappa shape index (κ3) is 4.98. The first-order chi connectivity index (χ1) is 10.5. The number of rotatable bonds is 6. The van der Waals surface area contributed by atoms with Crippen LogP contribution in [-0.4, -0.2) is 24.3 Å². The van der Waals surface area contributed by atoms with Crippen LogP contribution in [0.1, 0.15) is 49.4 Å². The fourth-order valence-corrected chi connectivity index (χ4v) is 2.64. The number of anilines is 1. The van der Waals surface area contributed by atoms with Gasteiger partial charge in [-0.2, -0.15) is 0 Å². The Morgan fingerprint density at radius 2 is 1.77 bits per heavy atom. The van der Waals surface area contributed by atoms with Crippen LogP contribution in [0.2, 0.25) is 0 Å². The Morgan fingerprint density at radius 1 is 1.14 bits per heavy atom. The molecule has 1 amide bonds. The minimum absolute atomic E-state index is 0.0290. The van der Waals surface area contributed by atoms with E-state index < -0.39 is 0 Å². The third-order valence-corrected chi connectivity index (χ3v) is 3.87. The van der Waals surface area contributed by atoms with E-state index >= 15 is 0 Å². The summed E-state index contributed by atoms with van der Waals surface area (Å²) in [4.78, 5) is 34.5. The summed E-state index contributed by atoms with van der Waals surface area (Å²) in [6, 6.07) is 6.58. The molecule has 1 aromatic rings. The molecule has 0 saturated heterocycles. The van der Waals surface area contributed by atoms with Crippen molar-refractivity contribution in [3.63, 3.8) is 0 Å². The van der Waals surface area contributed by atoms with Crippen LogP contribution >= 0.6 is 0 Å². The Labute approximate surface area is 130 Å². The lowest BCUT2D eigenvalue weighted by molar-refractivity contribution is -0.148. The van der Waals surface area contributed by atoms with Crippen molar-refractivity contribution in [1.29, 1.82) is 0 Å². The number of ketones is 1. The number of hydrogen-bond acceptors (Lipinski definition) is 4. The van der Waals surface area contributed by atoms with Crippen molar-refractivity contribution < 1.29 is 19.1 Å². The molecule has 1 aliphatic rings. The Kier molecular flexibility index (Phi) is 5.69. The van der Waals surface area contributed by atoms with Gasteiger partial charge in [0.05, 0.1) is 0 Å². The number of nitrogens with one attached hydrogen (secondary N) is 1. The van der Waals surface area contributed by atoms with E-state index in [2.05, 4.69) is 5.32 Å². The van der Waals surface area contributed by atoms with E-state index in [0.29, 0.717) is 23.6 Å². The molecule has 0 aromatic heterocycles. The Bertz CT molecular complexity index is 544. The zero-order chi connectivity index (χ0) is 15.9. The topological polar surface area (TPSA) is 72.5 Å². The molecule has 5 nitrogen and oxygen atoms in total. The smallest absolute Gasteiger partial charge is 0.306 e. The van der Waals surface area contributed by atoms with E-state index in [1.165, 1.54) is 19.8 Å². The molecule has 0 heterocycles. The second kappa shape index (κ2) is 7.73. The summed E-state index contributed by atoms with van der Waals surface area (Å²) in [6.07, 6.45) is 4.90. The van der Waals surface area contributed by atoms with Crippen LogP contribution in [0.25, 0.3) is 0 Å². The van der Waals surface area contributed by atoms with Crippen molar-refractivity contribution in [1.82, 2.24) is 0 Å². The Balaban J connectivity index is 1.72. The SMILES string of the molecule is CC(=O)c1ccc(NC(=O)COC(=O)CC2CCCC2)cc1. The van der Waals surface area contributed by atoms with E-state index in [4.69, 9.17) is 4.74 Å². The molecule has 1 saturated carbocycles. The molecule has 2 rings (SSSR count). The van der Waals surface area contributed by atoms with Gasteiger partial charge in [0.15, 0.2) is 12.4 Å². The first-order valence-electron chi connectivity index (χ1n) is 7.61. The second-order valence-electron chi connectivity index (χ2n) is 5.70. The van der Waals surface area contributed by atoms with Gasteiger partial charge in [-0.15, -0.1) is 0 Å². The monoisotopic (exact) mass is 303 g/mol. The number of hydrogen-bond donors (Lipinski definition) is 1. The minimum Gasteiger partial charge on any atom is -0.456 e. The molecule has 0 aliphatic heterocycles. The van der Waals surface area contributed by atoms with Crippen LogP contribution in [-0.2, 0) is 14.3 Å². The fraction of sp³-hybridized carbons (Fsp3) is 0.471. The van der Waals surface area contributed by atoms with Gasteiger partial charge in [-0.25, -0.2) is 0 Å². The molecule has 0 unspecified atom stereocenters. The number of Topliss-reactive ketones (excluding diaryl/α,β-unsaturated/α-hetero) is 1. The van der Waals surface area contributed by atoms with Gasteiger partial charge in [0, 0.05) is 17.7 Å². The highest BCUT2D eigenvalue weighted by molar-refractivity contribution is 5.96. The van der Waals surface area contributed by atoms with Gasteiger partial charge in [0.1, 0.15) is 0 Å². The minimum atomic E-state index is -0.379. The van der Waals surface area contributed by atoms with Gasteiger partial charge in [0.25, 0.3) is 5.91 Å². The quantitative estimate of drug-likeness (QED) is 0.648. The number of carbonyl (C=O) groups excluding carboxylic acids is 3. The normalized spacial score (nSPS) is 14.6. The van der Waals surface area contributed by atoms with E-state index in [9.17, 15) is 14.4 Å². The first-order valence-corrected chi connectivity index (χ1v) is 7.61. The van der Waals surface area contributed by atoms with Crippen molar-refractivity contribution in [2.45, 2.75) is 39.0 Å². The lowest BCUT2D eigenvalue weighted by atomic mass is 10.1. The van der Waals surface area contributed by atoms with Crippen molar-refractivity contribution in [2.24, 2.45) is 5.92 Å². The van der Waals surface area contributed by atoms with Gasteiger partial charge >= 0.3 is 5.97 Å². The van der Waals surface area contributed by atoms with Crippen LogP contribution in [0.5, 0.6) is 0 Å². The predicted molar refractivity (Wildman–Crippen MR) is 82.6 cm³/mol. The lowest BCUT2D eigenvalue weighted by Gasteiger charge is -2.09. The fourth-order valence-electron chi connectivity index (χ4n) is 2.64. The molecule has 1 fully saturated rings. The Hall–Kier alpha value is -2.17. The highest BCUT2D eigenvalue weighted by atomic mass is 16.5. The molecule has 0 spiro atoms. The van der Waals surface area contributed by atoms with E-state index in [-0.39, 0.29) is 24.3 Å². The van der Waals surface area contributed by atoms with Crippen LogP contribution in [0.3, 0.4) is 0 Å². The molecular formula is C17H21NO4. The van der Waals surface area contributed by atoms with Gasteiger partial charge in [-0.05, 0) is 49.9 Å². The summed E-state index contributed by atoms with van der Waals surface area (Å²) in [6.45, 7) is 1.21. The van der Waals surface area contributed by atoms with Crippen molar-refractivity contribution >= 4 is 23.3 Å². The highest BCUT2D eigenvalue weighted by Crippen LogP contribution is 2.27. The maximum atomic E-state index is 11.7. The number of amides is 1.